The van der Waals surface area contributed by atoms with Crippen molar-refractivity contribution < 1.29 is 9.31 Å². The van der Waals surface area contributed by atoms with E-state index in [2.05, 4.69) is 31.1 Å². The zero-order valence-electron chi connectivity index (χ0n) is 12.0. The van der Waals surface area contributed by atoms with Crippen molar-refractivity contribution in [2.75, 3.05) is 5.32 Å². The van der Waals surface area contributed by atoms with Crippen molar-refractivity contribution in [3.63, 3.8) is 0 Å². The first-order chi connectivity index (χ1) is 9.77. The van der Waals surface area contributed by atoms with E-state index in [4.69, 9.17) is 0 Å². The number of rotatable bonds is 4. The molecule has 0 aliphatic heterocycles. The first-order valence-electron chi connectivity index (χ1n) is 6.40. The number of nitrogens with zero attached hydrogens (tertiary/aromatic N) is 2. The van der Waals surface area contributed by atoms with Gasteiger partial charge in [0.05, 0.1) is 22.2 Å². The molecule has 1 N–H and O–H groups in total. The number of nitrogens with one attached hydrogen (secondary N) is 1. The molecule has 0 spiro atoms. The molecule has 0 saturated heterocycles. The van der Waals surface area contributed by atoms with Crippen LogP contribution in [0.2, 0.25) is 0 Å². The number of nitro benzene ring substituents is 1. The summed E-state index contributed by atoms with van der Waals surface area (Å²) >= 11 is 1.58. The van der Waals surface area contributed by atoms with E-state index in [1.54, 1.807) is 11.3 Å². The quantitative estimate of drug-likeness (QED) is 0.682. The highest BCUT2D eigenvalue weighted by molar-refractivity contribution is 7.09. The number of hydrogen-bond donors (Lipinski definition) is 1. The van der Waals surface area contributed by atoms with Crippen LogP contribution in [0.5, 0.6) is 0 Å². The molecule has 0 radical (unpaired) electrons. The Morgan fingerprint density at radius 2 is 2.14 bits per heavy atom. The van der Waals surface area contributed by atoms with Crippen LogP contribution in [0.15, 0.2) is 23.6 Å². The molecule has 1 heterocycles. The smallest absolute Gasteiger partial charge is 0.306 e. The van der Waals surface area contributed by atoms with Crippen LogP contribution in [0.4, 0.5) is 15.8 Å². The zero-order valence-corrected chi connectivity index (χ0v) is 12.8. The third kappa shape index (κ3) is 3.75. The SMILES string of the molecule is CC(C)(C)c1nc(CNc2ccc(F)c([N+](=O)[O-])c2)cs1. The normalized spacial score (nSPS) is 11.4. The van der Waals surface area contributed by atoms with Gasteiger partial charge >= 0.3 is 5.69 Å². The molecule has 2 aromatic rings. The molecule has 0 amide bonds. The van der Waals surface area contributed by atoms with Gasteiger partial charge in [-0.15, -0.1) is 11.3 Å². The molecular formula is C14H16FN3O2S. The molecule has 112 valence electrons. The Hall–Kier alpha value is -2.02. The van der Waals surface area contributed by atoms with Gasteiger partial charge in [-0.2, -0.15) is 4.39 Å². The Morgan fingerprint density at radius 3 is 2.71 bits per heavy atom. The lowest BCUT2D eigenvalue weighted by atomic mass is 9.98. The molecule has 1 aromatic heterocycles. The Balaban J connectivity index is 2.08. The van der Waals surface area contributed by atoms with Crippen molar-refractivity contribution in [3.8, 4) is 0 Å². The average molecular weight is 309 g/mol. The van der Waals surface area contributed by atoms with Crippen LogP contribution in [0.3, 0.4) is 0 Å². The van der Waals surface area contributed by atoms with E-state index < -0.39 is 16.4 Å². The molecule has 0 aliphatic rings. The summed E-state index contributed by atoms with van der Waals surface area (Å²) in [7, 11) is 0. The highest BCUT2D eigenvalue weighted by Crippen LogP contribution is 2.26. The van der Waals surface area contributed by atoms with Crippen LogP contribution in [0.1, 0.15) is 31.5 Å². The summed E-state index contributed by atoms with van der Waals surface area (Å²) in [5.41, 5.74) is 0.816. The molecule has 2 rings (SSSR count). The van der Waals surface area contributed by atoms with Crippen molar-refractivity contribution >= 4 is 22.7 Å². The molecule has 0 fully saturated rings. The van der Waals surface area contributed by atoms with Crippen LogP contribution in [0, 0.1) is 15.9 Å². The van der Waals surface area contributed by atoms with E-state index in [1.807, 2.05) is 5.38 Å². The van der Waals surface area contributed by atoms with Gasteiger partial charge in [-0.25, -0.2) is 4.98 Å². The van der Waals surface area contributed by atoms with Crippen LogP contribution in [0.25, 0.3) is 0 Å². The van der Waals surface area contributed by atoms with E-state index >= 15 is 0 Å². The van der Waals surface area contributed by atoms with E-state index in [0.717, 1.165) is 16.8 Å². The monoisotopic (exact) mass is 309 g/mol. The average Bonchev–Trinajstić information content (AvgIpc) is 2.86. The van der Waals surface area contributed by atoms with Crippen LogP contribution < -0.4 is 5.32 Å². The van der Waals surface area contributed by atoms with E-state index in [-0.39, 0.29) is 5.41 Å². The Labute approximate surface area is 126 Å². The molecule has 0 bridgehead atoms. The lowest BCUT2D eigenvalue weighted by Crippen LogP contribution is -2.11. The zero-order chi connectivity index (χ0) is 15.6. The molecule has 0 saturated carbocycles. The van der Waals surface area contributed by atoms with Crippen LogP contribution >= 0.6 is 11.3 Å². The summed E-state index contributed by atoms with van der Waals surface area (Å²) in [4.78, 5) is 14.5. The lowest BCUT2D eigenvalue weighted by Gasteiger charge is -2.13. The van der Waals surface area contributed by atoms with Gasteiger partial charge < -0.3 is 5.32 Å². The molecular weight excluding hydrogens is 293 g/mol. The summed E-state index contributed by atoms with van der Waals surface area (Å²) in [5.74, 6) is -0.839. The standard InChI is InChI=1S/C14H16FN3O2S/c1-14(2,3)13-17-10(8-21-13)7-16-9-4-5-11(15)12(6-9)18(19)20/h4-6,8,16H,7H2,1-3H3. The number of halogens is 1. The molecule has 5 nitrogen and oxygen atoms in total. The summed E-state index contributed by atoms with van der Waals surface area (Å²) in [5, 5.41) is 16.7. The first-order valence-corrected chi connectivity index (χ1v) is 7.28. The van der Waals surface area contributed by atoms with Gasteiger partial charge in [0.15, 0.2) is 0 Å². The fourth-order valence-corrected chi connectivity index (χ4v) is 2.60. The predicted molar refractivity (Wildman–Crippen MR) is 81.2 cm³/mol. The first kappa shape index (κ1) is 15.4. The summed E-state index contributed by atoms with van der Waals surface area (Å²) in [6.07, 6.45) is 0. The van der Waals surface area contributed by atoms with Gasteiger partial charge in [-0.05, 0) is 12.1 Å². The van der Waals surface area contributed by atoms with Crippen molar-refractivity contribution in [3.05, 3.63) is 50.2 Å². The van der Waals surface area contributed by atoms with E-state index in [1.165, 1.54) is 12.1 Å². The predicted octanol–water partition coefficient (Wildman–Crippen LogP) is 4.10. The maximum Gasteiger partial charge on any atom is 0.306 e. The topological polar surface area (TPSA) is 68.1 Å². The third-order valence-electron chi connectivity index (χ3n) is 2.81. The molecule has 7 heteroatoms. The van der Waals surface area contributed by atoms with E-state index in [9.17, 15) is 14.5 Å². The Morgan fingerprint density at radius 1 is 1.43 bits per heavy atom. The highest BCUT2D eigenvalue weighted by Gasteiger charge is 2.18. The van der Waals surface area contributed by atoms with Gasteiger partial charge in [0.25, 0.3) is 0 Å². The van der Waals surface area contributed by atoms with Gasteiger partial charge in [-0.3, -0.25) is 10.1 Å². The van der Waals surface area contributed by atoms with Gasteiger partial charge in [0, 0.05) is 22.5 Å². The van der Waals surface area contributed by atoms with E-state index in [0.29, 0.717) is 12.2 Å². The number of aromatic nitrogens is 1. The van der Waals surface area contributed by atoms with Crippen molar-refractivity contribution in [1.29, 1.82) is 0 Å². The van der Waals surface area contributed by atoms with Crippen LogP contribution in [-0.4, -0.2) is 9.91 Å². The van der Waals surface area contributed by atoms with Gasteiger partial charge in [0.1, 0.15) is 0 Å². The number of nitro groups is 1. The van der Waals surface area contributed by atoms with Gasteiger partial charge in [-0.1, -0.05) is 20.8 Å². The summed E-state index contributed by atoms with van der Waals surface area (Å²) in [6.45, 7) is 6.71. The second-order valence-corrected chi connectivity index (χ2v) is 6.53. The minimum atomic E-state index is -0.839. The number of benzene rings is 1. The molecule has 0 unspecified atom stereocenters. The highest BCUT2D eigenvalue weighted by atomic mass is 32.1. The molecule has 1 aromatic carbocycles. The summed E-state index contributed by atoms with van der Waals surface area (Å²) in [6, 6.07) is 3.74. The maximum absolute atomic E-state index is 13.2. The second kappa shape index (κ2) is 5.77. The maximum atomic E-state index is 13.2. The Kier molecular flexibility index (Phi) is 4.22. The van der Waals surface area contributed by atoms with Crippen molar-refractivity contribution in [2.24, 2.45) is 0 Å². The number of anilines is 1. The minimum absolute atomic E-state index is 0.00240. The van der Waals surface area contributed by atoms with Crippen molar-refractivity contribution in [1.82, 2.24) is 4.98 Å². The fourth-order valence-electron chi connectivity index (χ4n) is 1.69. The Bertz CT molecular complexity index is 664. The minimum Gasteiger partial charge on any atom is -0.379 e. The van der Waals surface area contributed by atoms with Gasteiger partial charge in [0.2, 0.25) is 5.82 Å². The van der Waals surface area contributed by atoms with Crippen molar-refractivity contribution in [2.45, 2.75) is 32.7 Å². The summed E-state index contributed by atoms with van der Waals surface area (Å²) < 4.78 is 13.2. The fraction of sp³-hybridized carbons (Fsp3) is 0.357. The molecule has 0 atom stereocenters. The number of thiazole rings is 1. The number of hydrogen-bond acceptors (Lipinski definition) is 5. The largest absolute Gasteiger partial charge is 0.379 e. The van der Waals surface area contributed by atoms with Crippen LogP contribution in [-0.2, 0) is 12.0 Å². The third-order valence-corrected chi connectivity index (χ3v) is 4.13. The second-order valence-electron chi connectivity index (χ2n) is 5.67. The molecule has 21 heavy (non-hydrogen) atoms. The lowest BCUT2D eigenvalue weighted by molar-refractivity contribution is -0.387. The molecule has 0 aliphatic carbocycles.